The fraction of sp³-hybridized carbons (Fsp3) is 0. The van der Waals surface area contributed by atoms with Gasteiger partial charge in [0.05, 0.1) is 17.9 Å². The summed E-state index contributed by atoms with van der Waals surface area (Å²) in [6, 6.07) is 19.4. The molecular weight excluding hydrogens is 344 g/mol. The first-order valence-corrected chi connectivity index (χ1v) is 8.02. The van der Waals surface area contributed by atoms with Crippen LogP contribution in [-0.2, 0) is 0 Å². The van der Waals surface area contributed by atoms with Gasteiger partial charge in [-0.1, -0.05) is 23.3 Å². The zero-order valence-electron chi connectivity index (χ0n) is 13.9. The molecular formula is C20H12N4O3. The van der Waals surface area contributed by atoms with Gasteiger partial charge in [-0.3, -0.25) is 10.1 Å². The number of hydrogen-bond acceptors (Lipinski definition) is 6. The maximum absolute atomic E-state index is 12.3. The minimum absolute atomic E-state index is 0.0271. The van der Waals surface area contributed by atoms with Gasteiger partial charge in [-0.2, -0.15) is 5.26 Å². The third-order valence-electron chi connectivity index (χ3n) is 3.81. The van der Waals surface area contributed by atoms with Crippen molar-refractivity contribution in [1.82, 2.24) is 10.2 Å². The molecule has 2 heterocycles. The van der Waals surface area contributed by atoms with Crippen LogP contribution in [0.4, 0.5) is 6.01 Å². The molecule has 7 nitrogen and oxygen atoms in total. The Kier molecular flexibility index (Phi) is 4.21. The number of rotatable bonds is 4. The van der Waals surface area contributed by atoms with Crippen LogP contribution in [0.1, 0.15) is 15.9 Å². The number of anilines is 1. The highest BCUT2D eigenvalue weighted by Gasteiger charge is 2.14. The largest absolute Gasteiger partial charge is 0.464 e. The number of carbonyl (C=O) groups excluding carboxylic acids is 1. The van der Waals surface area contributed by atoms with Crippen molar-refractivity contribution in [3.8, 4) is 28.8 Å². The molecule has 0 radical (unpaired) electrons. The molecule has 0 aliphatic carbocycles. The van der Waals surface area contributed by atoms with E-state index in [1.165, 1.54) is 6.07 Å². The molecule has 130 valence electrons. The molecule has 27 heavy (non-hydrogen) atoms. The minimum Gasteiger partial charge on any atom is -0.464 e. The van der Waals surface area contributed by atoms with Crippen LogP contribution in [0.3, 0.4) is 0 Å². The van der Waals surface area contributed by atoms with Gasteiger partial charge in [0, 0.05) is 16.7 Å². The zero-order valence-corrected chi connectivity index (χ0v) is 13.9. The van der Waals surface area contributed by atoms with Crippen molar-refractivity contribution < 1.29 is 13.6 Å². The van der Waals surface area contributed by atoms with Crippen LogP contribution in [0.2, 0.25) is 0 Å². The van der Waals surface area contributed by atoms with Crippen LogP contribution in [0.15, 0.2) is 75.8 Å². The third kappa shape index (κ3) is 3.45. The molecule has 7 heteroatoms. The molecule has 0 saturated heterocycles. The van der Waals surface area contributed by atoms with Gasteiger partial charge in [0.15, 0.2) is 0 Å². The van der Waals surface area contributed by atoms with Crippen LogP contribution < -0.4 is 5.32 Å². The van der Waals surface area contributed by atoms with Gasteiger partial charge < -0.3 is 8.83 Å². The van der Waals surface area contributed by atoms with E-state index in [1.54, 1.807) is 24.5 Å². The summed E-state index contributed by atoms with van der Waals surface area (Å²) in [5.74, 6) is 0.554. The Morgan fingerprint density at radius 2 is 1.85 bits per heavy atom. The number of nitrogens with one attached hydrogen (secondary N) is 1. The molecule has 0 atom stereocenters. The summed E-state index contributed by atoms with van der Waals surface area (Å²) in [5.41, 5.74) is 2.29. The first kappa shape index (κ1) is 16.3. The highest BCUT2D eigenvalue weighted by atomic mass is 16.4. The second kappa shape index (κ2) is 6.98. The second-order valence-corrected chi connectivity index (χ2v) is 5.62. The first-order valence-electron chi connectivity index (χ1n) is 8.02. The van der Waals surface area contributed by atoms with E-state index < -0.39 is 5.91 Å². The van der Waals surface area contributed by atoms with E-state index in [4.69, 9.17) is 14.1 Å². The smallest absolute Gasteiger partial charge is 0.322 e. The number of nitrogens with zero attached hydrogens (tertiary/aromatic N) is 3. The maximum Gasteiger partial charge on any atom is 0.322 e. The second-order valence-electron chi connectivity index (χ2n) is 5.62. The van der Waals surface area contributed by atoms with Crippen molar-refractivity contribution in [2.75, 3.05) is 5.32 Å². The molecule has 0 bridgehead atoms. The number of nitriles is 1. The van der Waals surface area contributed by atoms with Gasteiger partial charge in [-0.25, -0.2) is 0 Å². The fourth-order valence-corrected chi connectivity index (χ4v) is 2.54. The lowest BCUT2D eigenvalue weighted by atomic mass is 10.1. The molecule has 0 saturated carbocycles. The first-order chi connectivity index (χ1) is 13.2. The average Bonchev–Trinajstić information content (AvgIpc) is 3.40. The number of amides is 1. The highest BCUT2D eigenvalue weighted by molar-refractivity contribution is 6.03. The predicted octanol–water partition coefficient (Wildman–Crippen LogP) is 4.12. The van der Waals surface area contributed by atoms with Crippen molar-refractivity contribution in [2.45, 2.75) is 0 Å². The van der Waals surface area contributed by atoms with E-state index in [0.29, 0.717) is 16.7 Å². The van der Waals surface area contributed by atoms with Crippen molar-refractivity contribution in [3.63, 3.8) is 0 Å². The van der Waals surface area contributed by atoms with E-state index in [9.17, 15) is 4.79 Å². The van der Waals surface area contributed by atoms with E-state index in [1.807, 2.05) is 42.5 Å². The monoisotopic (exact) mass is 356 g/mol. The maximum atomic E-state index is 12.3. The van der Waals surface area contributed by atoms with Crippen molar-refractivity contribution in [1.29, 1.82) is 5.26 Å². The van der Waals surface area contributed by atoms with Crippen molar-refractivity contribution in [3.05, 3.63) is 78.1 Å². The standard InChI is InChI=1S/C20H12N4O3/c21-12-13-4-1-6-15(10-13)18(25)22-20-24-23-19(27-20)16-7-2-5-14(11-16)17-8-3-9-26-17/h1-11H,(H,22,24,25). The van der Waals surface area contributed by atoms with Crippen LogP contribution in [0.25, 0.3) is 22.8 Å². The number of benzene rings is 2. The van der Waals surface area contributed by atoms with Crippen LogP contribution >= 0.6 is 0 Å². The molecule has 0 unspecified atom stereocenters. The normalized spacial score (nSPS) is 10.3. The van der Waals surface area contributed by atoms with Crippen LogP contribution in [0.5, 0.6) is 0 Å². The summed E-state index contributed by atoms with van der Waals surface area (Å²) < 4.78 is 10.9. The van der Waals surface area contributed by atoms with Gasteiger partial charge >= 0.3 is 6.01 Å². The van der Waals surface area contributed by atoms with Crippen molar-refractivity contribution in [2.24, 2.45) is 0 Å². The van der Waals surface area contributed by atoms with E-state index >= 15 is 0 Å². The SMILES string of the molecule is N#Cc1cccc(C(=O)Nc2nnc(-c3cccc(-c4ccco4)c3)o2)c1. The fourth-order valence-electron chi connectivity index (χ4n) is 2.54. The number of hydrogen-bond donors (Lipinski definition) is 1. The molecule has 1 N–H and O–H groups in total. The Hall–Kier alpha value is -4.18. The molecule has 0 aliphatic rings. The predicted molar refractivity (Wildman–Crippen MR) is 96.5 cm³/mol. The molecule has 2 aromatic carbocycles. The lowest BCUT2D eigenvalue weighted by molar-refractivity contribution is 0.102. The van der Waals surface area contributed by atoms with E-state index in [-0.39, 0.29) is 11.9 Å². The molecule has 4 aromatic rings. The van der Waals surface area contributed by atoms with Gasteiger partial charge in [-0.05, 0) is 42.5 Å². The molecule has 2 aromatic heterocycles. The lowest BCUT2D eigenvalue weighted by Gasteiger charge is -2.01. The van der Waals surface area contributed by atoms with Gasteiger partial charge in [-0.15, -0.1) is 5.10 Å². The van der Waals surface area contributed by atoms with Gasteiger partial charge in [0.1, 0.15) is 5.76 Å². The average molecular weight is 356 g/mol. The summed E-state index contributed by atoms with van der Waals surface area (Å²) in [7, 11) is 0. The number of carbonyl (C=O) groups is 1. The number of furan rings is 1. The van der Waals surface area contributed by atoms with E-state index in [2.05, 4.69) is 15.5 Å². The van der Waals surface area contributed by atoms with Crippen LogP contribution in [0, 0.1) is 11.3 Å². The molecule has 0 aliphatic heterocycles. The lowest BCUT2D eigenvalue weighted by Crippen LogP contribution is -2.12. The Morgan fingerprint density at radius 1 is 1.00 bits per heavy atom. The van der Waals surface area contributed by atoms with Crippen LogP contribution in [-0.4, -0.2) is 16.1 Å². The minimum atomic E-state index is -0.438. The zero-order chi connectivity index (χ0) is 18.6. The van der Waals surface area contributed by atoms with Gasteiger partial charge in [0.25, 0.3) is 5.91 Å². The Morgan fingerprint density at radius 3 is 2.67 bits per heavy atom. The topological polar surface area (TPSA) is 105 Å². The third-order valence-corrected chi connectivity index (χ3v) is 3.81. The summed E-state index contributed by atoms with van der Waals surface area (Å²) in [5, 5.41) is 19.3. The summed E-state index contributed by atoms with van der Waals surface area (Å²) in [6.07, 6.45) is 1.60. The summed E-state index contributed by atoms with van der Waals surface area (Å²) >= 11 is 0. The molecule has 1 amide bonds. The Labute approximate surface area is 153 Å². The van der Waals surface area contributed by atoms with Crippen molar-refractivity contribution >= 4 is 11.9 Å². The van der Waals surface area contributed by atoms with E-state index in [0.717, 1.165) is 11.3 Å². The molecule has 0 fully saturated rings. The number of aromatic nitrogens is 2. The molecule has 0 spiro atoms. The summed E-state index contributed by atoms with van der Waals surface area (Å²) in [4.78, 5) is 12.3. The summed E-state index contributed by atoms with van der Waals surface area (Å²) in [6.45, 7) is 0. The highest BCUT2D eigenvalue weighted by Crippen LogP contribution is 2.26. The quantitative estimate of drug-likeness (QED) is 0.590. The Bertz CT molecular complexity index is 1140. The Balaban J connectivity index is 1.54. The molecule has 4 rings (SSSR count). The van der Waals surface area contributed by atoms with Gasteiger partial charge in [0.2, 0.25) is 5.89 Å².